The molecule has 6 heteroatoms. The number of hydrogen-bond acceptors (Lipinski definition) is 4. The summed E-state index contributed by atoms with van der Waals surface area (Å²) < 4.78 is 10.9. The number of methoxy groups -OCH3 is 2. The zero-order valence-corrected chi connectivity index (χ0v) is 17.5. The van der Waals surface area contributed by atoms with E-state index in [0.29, 0.717) is 13.0 Å². The van der Waals surface area contributed by atoms with Crippen LogP contribution < -0.4 is 14.8 Å². The molecule has 1 unspecified atom stereocenters. The summed E-state index contributed by atoms with van der Waals surface area (Å²) in [5.74, 6) is 2.35. The summed E-state index contributed by atoms with van der Waals surface area (Å²) in [6, 6.07) is 14.1. The number of rotatable bonds is 7. The van der Waals surface area contributed by atoms with Gasteiger partial charge in [0.25, 0.3) is 0 Å². The van der Waals surface area contributed by atoms with Gasteiger partial charge in [0.2, 0.25) is 0 Å². The van der Waals surface area contributed by atoms with Gasteiger partial charge in [0, 0.05) is 26.1 Å². The molecule has 2 aromatic carbocycles. The fraction of sp³-hybridized carbons (Fsp3) is 0.435. The van der Waals surface area contributed by atoms with Crippen molar-refractivity contribution in [2.45, 2.75) is 32.4 Å². The molecule has 3 rings (SSSR count). The quantitative estimate of drug-likeness (QED) is 0.555. The van der Waals surface area contributed by atoms with E-state index in [4.69, 9.17) is 14.5 Å². The smallest absolute Gasteiger partial charge is 0.194 e. The van der Waals surface area contributed by atoms with Gasteiger partial charge in [0.15, 0.2) is 17.5 Å². The van der Waals surface area contributed by atoms with Crippen LogP contribution in [0.5, 0.6) is 11.5 Å². The van der Waals surface area contributed by atoms with Crippen molar-refractivity contribution in [3.05, 3.63) is 59.2 Å². The normalized spacial score (nSPS) is 14.9. The Bertz CT molecular complexity index is 824. The zero-order chi connectivity index (χ0) is 20.6. The molecule has 6 nitrogen and oxygen atoms in total. The first-order valence-electron chi connectivity index (χ1n) is 10.1. The fourth-order valence-electron chi connectivity index (χ4n) is 3.63. The van der Waals surface area contributed by atoms with Gasteiger partial charge in [0.1, 0.15) is 0 Å². The molecular formula is C23H31N3O3. The summed E-state index contributed by atoms with van der Waals surface area (Å²) in [5.41, 5.74) is 3.61. The number of hydrogen-bond donors (Lipinski definition) is 2. The molecule has 0 bridgehead atoms. The molecule has 0 saturated carbocycles. The number of nitrogens with one attached hydrogen (secondary N) is 1. The molecule has 0 saturated heterocycles. The number of aliphatic hydroxyl groups is 1. The van der Waals surface area contributed by atoms with Crippen molar-refractivity contribution < 1.29 is 14.6 Å². The van der Waals surface area contributed by atoms with E-state index in [1.807, 2.05) is 36.4 Å². The Balaban J connectivity index is 1.70. The third kappa shape index (κ3) is 5.41. The summed E-state index contributed by atoms with van der Waals surface area (Å²) in [6.07, 6.45) is 1.00. The first-order chi connectivity index (χ1) is 14.1. The Morgan fingerprint density at radius 1 is 1.14 bits per heavy atom. The zero-order valence-electron chi connectivity index (χ0n) is 17.5. The van der Waals surface area contributed by atoms with Gasteiger partial charge in [0.05, 0.1) is 26.9 Å². The van der Waals surface area contributed by atoms with Crippen LogP contribution in [-0.2, 0) is 19.4 Å². The van der Waals surface area contributed by atoms with Gasteiger partial charge in [-0.3, -0.25) is 4.99 Å². The average Bonchev–Trinajstić information content (AvgIpc) is 2.75. The second kappa shape index (κ2) is 10.2. The van der Waals surface area contributed by atoms with Crippen LogP contribution in [0, 0.1) is 0 Å². The van der Waals surface area contributed by atoms with Crippen molar-refractivity contribution in [1.82, 2.24) is 10.2 Å². The van der Waals surface area contributed by atoms with E-state index in [1.165, 1.54) is 11.1 Å². The van der Waals surface area contributed by atoms with E-state index < -0.39 is 6.10 Å². The number of fused-ring (bicyclic) bond motifs is 1. The van der Waals surface area contributed by atoms with Crippen LogP contribution in [0.4, 0.5) is 0 Å². The predicted molar refractivity (Wildman–Crippen MR) is 116 cm³/mol. The fourth-order valence-corrected chi connectivity index (χ4v) is 3.63. The molecule has 0 aliphatic carbocycles. The molecule has 2 N–H and O–H groups in total. The lowest BCUT2D eigenvalue weighted by molar-refractivity contribution is 0.183. The Kier molecular flexibility index (Phi) is 7.36. The maximum atomic E-state index is 10.4. The molecule has 0 fully saturated rings. The monoisotopic (exact) mass is 397 g/mol. The number of aliphatic hydroxyl groups excluding tert-OH is 1. The second-order valence-corrected chi connectivity index (χ2v) is 7.19. The van der Waals surface area contributed by atoms with E-state index >= 15 is 0 Å². The molecule has 2 aromatic rings. The molecule has 0 radical (unpaired) electrons. The maximum absolute atomic E-state index is 10.4. The summed E-state index contributed by atoms with van der Waals surface area (Å²) in [6.45, 7) is 4.82. The number of nitrogens with zero attached hydrogens (tertiary/aromatic N) is 2. The third-order valence-corrected chi connectivity index (χ3v) is 5.12. The molecule has 0 amide bonds. The highest BCUT2D eigenvalue weighted by Crippen LogP contribution is 2.33. The third-order valence-electron chi connectivity index (χ3n) is 5.12. The molecule has 0 aromatic heterocycles. The largest absolute Gasteiger partial charge is 0.493 e. The van der Waals surface area contributed by atoms with Crippen molar-refractivity contribution in [3.63, 3.8) is 0 Å². The van der Waals surface area contributed by atoms with Crippen LogP contribution in [0.25, 0.3) is 0 Å². The summed E-state index contributed by atoms with van der Waals surface area (Å²) in [7, 11) is 3.32. The van der Waals surface area contributed by atoms with Crippen LogP contribution in [0.15, 0.2) is 47.5 Å². The molecule has 1 heterocycles. The standard InChI is InChI=1S/C23H31N3O3/c1-4-24-23(25-15-20(27)12-17-8-6-5-7-9-17)26-11-10-18-13-21(28-2)22(29-3)14-19(18)16-26/h5-9,13-14,20,27H,4,10-12,15-16H2,1-3H3,(H,24,25). The van der Waals surface area contributed by atoms with E-state index in [1.54, 1.807) is 14.2 Å². The van der Waals surface area contributed by atoms with E-state index in [2.05, 4.69) is 23.2 Å². The highest BCUT2D eigenvalue weighted by Gasteiger charge is 2.22. The van der Waals surface area contributed by atoms with Crippen LogP contribution in [0.3, 0.4) is 0 Å². The van der Waals surface area contributed by atoms with E-state index in [9.17, 15) is 5.11 Å². The average molecular weight is 398 g/mol. The van der Waals surface area contributed by atoms with E-state index in [-0.39, 0.29) is 0 Å². The van der Waals surface area contributed by atoms with Gasteiger partial charge in [-0.15, -0.1) is 0 Å². The Morgan fingerprint density at radius 3 is 2.48 bits per heavy atom. The van der Waals surface area contributed by atoms with Crippen LogP contribution in [0.2, 0.25) is 0 Å². The summed E-state index contributed by atoms with van der Waals surface area (Å²) in [4.78, 5) is 6.94. The van der Waals surface area contributed by atoms with Crippen molar-refractivity contribution in [2.24, 2.45) is 4.99 Å². The minimum absolute atomic E-state index is 0.368. The lowest BCUT2D eigenvalue weighted by Crippen LogP contribution is -2.44. The SMILES string of the molecule is CCNC(=NCC(O)Cc1ccccc1)N1CCc2cc(OC)c(OC)cc2C1. The topological polar surface area (TPSA) is 66.3 Å². The Hall–Kier alpha value is -2.73. The number of aliphatic imine (C=N–C) groups is 1. The Labute approximate surface area is 173 Å². The van der Waals surface area contributed by atoms with Crippen molar-refractivity contribution in [1.29, 1.82) is 0 Å². The summed E-state index contributed by atoms with van der Waals surface area (Å²) in [5, 5.41) is 13.8. The van der Waals surface area contributed by atoms with Crippen LogP contribution in [0.1, 0.15) is 23.6 Å². The maximum Gasteiger partial charge on any atom is 0.194 e. The minimum atomic E-state index is -0.507. The molecule has 1 atom stereocenters. The van der Waals surface area contributed by atoms with Gasteiger partial charge in [-0.2, -0.15) is 0 Å². The van der Waals surface area contributed by atoms with Gasteiger partial charge in [-0.1, -0.05) is 30.3 Å². The molecule has 1 aliphatic rings. The highest BCUT2D eigenvalue weighted by molar-refractivity contribution is 5.80. The number of ether oxygens (including phenoxy) is 2. The minimum Gasteiger partial charge on any atom is -0.493 e. The van der Waals surface area contributed by atoms with E-state index in [0.717, 1.165) is 49.1 Å². The first-order valence-corrected chi connectivity index (χ1v) is 10.1. The van der Waals surface area contributed by atoms with Gasteiger partial charge < -0.3 is 24.8 Å². The molecule has 0 spiro atoms. The van der Waals surface area contributed by atoms with Gasteiger partial charge in [-0.25, -0.2) is 0 Å². The lowest BCUT2D eigenvalue weighted by Gasteiger charge is -2.32. The van der Waals surface area contributed by atoms with Crippen LogP contribution in [-0.4, -0.2) is 55.9 Å². The molecule has 29 heavy (non-hydrogen) atoms. The second-order valence-electron chi connectivity index (χ2n) is 7.19. The van der Waals surface area contributed by atoms with Gasteiger partial charge in [-0.05, 0) is 42.2 Å². The summed E-state index contributed by atoms with van der Waals surface area (Å²) >= 11 is 0. The van der Waals surface area contributed by atoms with Crippen molar-refractivity contribution in [3.8, 4) is 11.5 Å². The van der Waals surface area contributed by atoms with Crippen molar-refractivity contribution in [2.75, 3.05) is 33.9 Å². The van der Waals surface area contributed by atoms with Gasteiger partial charge >= 0.3 is 0 Å². The first kappa shape index (κ1) is 21.0. The predicted octanol–water partition coefficient (Wildman–Crippen LogP) is 2.63. The van der Waals surface area contributed by atoms with Crippen LogP contribution >= 0.6 is 0 Å². The highest BCUT2D eigenvalue weighted by atomic mass is 16.5. The number of guanidine groups is 1. The lowest BCUT2D eigenvalue weighted by atomic mass is 9.99. The molecule has 1 aliphatic heterocycles. The van der Waals surface area contributed by atoms with Crippen molar-refractivity contribution >= 4 is 5.96 Å². The Morgan fingerprint density at radius 2 is 1.83 bits per heavy atom. The molecule has 156 valence electrons. The number of benzene rings is 2. The molecular weight excluding hydrogens is 366 g/mol.